The molecular formula is C29H32N4O3. The molecule has 36 heavy (non-hydrogen) atoms. The molecule has 186 valence electrons. The van der Waals surface area contributed by atoms with Gasteiger partial charge in [0.05, 0.1) is 25.2 Å². The standard InChI is InChI=1S/C29H32N4O3/c34-28-27(31-20-32-29(28)35)17-25(18-30-26-11-12-26)24-9-7-22(8-10-24)2-1-21-3-5-23(6-4-21)19-33-13-15-36-16-14-33/h3-10,20,25-26,30,34H,11-19H2,(H,31,32,35)/t25-/m0/s1. The van der Waals surface area contributed by atoms with Crippen LogP contribution >= 0.6 is 0 Å². The molecule has 2 fully saturated rings. The lowest BCUT2D eigenvalue weighted by atomic mass is 9.93. The number of aromatic hydroxyl groups is 1. The summed E-state index contributed by atoms with van der Waals surface area (Å²) in [5.74, 6) is 6.32. The highest BCUT2D eigenvalue weighted by Gasteiger charge is 2.24. The summed E-state index contributed by atoms with van der Waals surface area (Å²) in [6.07, 6.45) is 4.22. The van der Waals surface area contributed by atoms with Crippen molar-refractivity contribution in [3.8, 4) is 17.6 Å². The number of morpholine rings is 1. The van der Waals surface area contributed by atoms with Crippen LogP contribution in [0.25, 0.3) is 0 Å². The summed E-state index contributed by atoms with van der Waals surface area (Å²) in [6.45, 7) is 5.30. The third kappa shape index (κ3) is 6.61. The predicted octanol–water partition coefficient (Wildman–Crippen LogP) is 2.79. The topological polar surface area (TPSA) is 90.5 Å². The maximum Gasteiger partial charge on any atom is 0.293 e. The summed E-state index contributed by atoms with van der Waals surface area (Å²) in [4.78, 5) is 20.8. The molecule has 0 amide bonds. The number of ether oxygens (including phenoxy) is 1. The molecule has 5 rings (SSSR count). The van der Waals surface area contributed by atoms with Crippen LogP contribution in [0.5, 0.6) is 5.75 Å². The molecule has 2 heterocycles. The first-order chi connectivity index (χ1) is 17.6. The molecule has 1 aliphatic carbocycles. The van der Waals surface area contributed by atoms with Gasteiger partial charge in [-0.3, -0.25) is 9.69 Å². The SMILES string of the molecule is O=c1[nH]cnc(C[C@@H](CNC2CC2)c2ccc(C#Cc3ccc(CN4CCOCC4)cc3)cc2)c1O. The van der Waals surface area contributed by atoms with Crippen LogP contribution in [-0.2, 0) is 17.7 Å². The van der Waals surface area contributed by atoms with Gasteiger partial charge in [-0.05, 0) is 48.2 Å². The molecule has 0 radical (unpaired) electrons. The Morgan fingerprint density at radius 3 is 2.39 bits per heavy atom. The van der Waals surface area contributed by atoms with Crippen LogP contribution in [0.4, 0.5) is 0 Å². The normalized spacial score (nSPS) is 16.8. The lowest BCUT2D eigenvalue weighted by molar-refractivity contribution is 0.0342. The van der Waals surface area contributed by atoms with E-state index in [0.29, 0.717) is 18.2 Å². The fraction of sp³-hybridized carbons (Fsp3) is 0.379. The fourth-order valence-electron chi connectivity index (χ4n) is 4.41. The molecule has 1 saturated heterocycles. The van der Waals surface area contributed by atoms with E-state index in [1.165, 1.54) is 24.7 Å². The summed E-state index contributed by atoms with van der Waals surface area (Å²) in [5.41, 5.74) is 4.27. The van der Waals surface area contributed by atoms with Crippen LogP contribution in [0.2, 0.25) is 0 Å². The number of benzene rings is 2. The van der Waals surface area contributed by atoms with E-state index < -0.39 is 5.56 Å². The molecule has 1 aromatic heterocycles. The fourth-order valence-corrected chi connectivity index (χ4v) is 4.41. The van der Waals surface area contributed by atoms with E-state index in [0.717, 1.165) is 56.1 Å². The van der Waals surface area contributed by atoms with Gasteiger partial charge >= 0.3 is 0 Å². The number of nitrogens with one attached hydrogen (secondary N) is 2. The first kappa shape index (κ1) is 24.3. The number of H-pyrrole nitrogens is 1. The zero-order chi connectivity index (χ0) is 24.7. The Labute approximate surface area is 211 Å². The van der Waals surface area contributed by atoms with Gasteiger partial charge in [0, 0.05) is 55.7 Å². The zero-order valence-corrected chi connectivity index (χ0v) is 20.4. The van der Waals surface area contributed by atoms with E-state index in [1.54, 1.807) is 0 Å². The van der Waals surface area contributed by atoms with Gasteiger partial charge in [0.25, 0.3) is 5.56 Å². The van der Waals surface area contributed by atoms with E-state index in [-0.39, 0.29) is 11.7 Å². The number of nitrogens with zero attached hydrogens (tertiary/aromatic N) is 2. The Morgan fingerprint density at radius 1 is 1.06 bits per heavy atom. The first-order valence-corrected chi connectivity index (χ1v) is 12.6. The monoisotopic (exact) mass is 484 g/mol. The molecule has 1 saturated carbocycles. The Balaban J connectivity index is 1.24. The molecule has 3 aromatic rings. The third-order valence-electron chi connectivity index (χ3n) is 6.77. The van der Waals surface area contributed by atoms with Gasteiger partial charge in [0.15, 0.2) is 0 Å². The highest BCUT2D eigenvalue weighted by molar-refractivity contribution is 5.44. The van der Waals surface area contributed by atoms with Gasteiger partial charge in [0.1, 0.15) is 0 Å². The van der Waals surface area contributed by atoms with E-state index in [1.807, 2.05) is 12.1 Å². The summed E-state index contributed by atoms with van der Waals surface area (Å²) in [5, 5.41) is 13.7. The number of rotatable bonds is 8. The van der Waals surface area contributed by atoms with Crippen molar-refractivity contribution >= 4 is 0 Å². The predicted molar refractivity (Wildman–Crippen MR) is 139 cm³/mol. The number of hydrogen-bond acceptors (Lipinski definition) is 6. The van der Waals surface area contributed by atoms with Gasteiger partial charge in [0.2, 0.25) is 5.75 Å². The van der Waals surface area contributed by atoms with Crippen molar-refractivity contribution in [3.05, 3.63) is 93.2 Å². The van der Waals surface area contributed by atoms with E-state index in [9.17, 15) is 9.90 Å². The summed E-state index contributed by atoms with van der Waals surface area (Å²) >= 11 is 0. The number of hydrogen-bond donors (Lipinski definition) is 3. The number of aromatic nitrogens is 2. The minimum atomic E-state index is -0.506. The van der Waals surface area contributed by atoms with E-state index in [2.05, 4.69) is 68.4 Å². The Hall–Kier alpha value is -3.44. The van der Waals surface area contributed by atoms with Crippen molar-refractivity contribution in [2.75, 3.05) is 32.8 Å². The van der Waals surface area contributed by atoms with Gasteiger partial charge in [-0.25, -0.2) is 4.98 Å². The molecule has 0 unspecified atom stereocenters. The van der Waals surface area contributed by atoms with Gasteiger partial charge in [-0.15, -0.1) is 0 Å². The van der Waals surface area contributed by atoms with E-state index >= 15 is 0 Å². The minimum absolute atomic E-state index is 0.0896. The maximum atomic E-state index is 11.8. The maximum absolute atomic E-state index is 11.8. The zero-order valence-electron chi connectivity index (χ0n) is 20.4. The molecule has 0 spiro atoms. The van der Waals surface area contributed by atoms with Crippen molar-refractivity contribution < 1.29 is 9.84 Å². The lowest BCUT2D eigenvalue weighted by Crippen LogP contribution is -2.35. The second-order valence-electron chi connectivity index (χ2n) is 9.57. The Morgan fingerprint density at radius 2 is 1.72 bits per heavy atom. The molecule has 0 bridgehead atoms. The quantitative estimate of drug-likeness (QED) is 0.426. The van der Waals surface area contributed by atoms with Crippen LogP contribution in [0, 0.1) is 11.8 Å². The van der Waals surface area contributed by atoms with Gasteiger partial charge < -0.3 is 20.1 Å². The highest BCUT2D eigenvalue weighted by atomic mass is 16.5. The van der Waals surface area contributed by atoms with Crippen LogP contribution in [0.3, 0.4) is 0 Å². The lowest BCUT2D eigenvalue weighted by Gasteiger charge is -2.26. The summed E-state index contributed by atoms with van der Waals surface area (Å²) < 4.78 is 5.42. The van der Waals surface area contributed by atoms with Gasteiger partial charge in [-0.1, -0.05) is 36.1 Å². The van der Waals surface area contributed by atoms with Crippen molar-refractivity contribution in [1.82, 2.24) is 20.2 Å². The number of aromatic amines is 1. The molecular weight excluding hydrogens is 452 g/mol. The third-order valence-corrected chi connectivity index (χ3v) is 6.77. The minimum Gasteiger partial charge on any atom is -0.502 e. The molecule has 1 aliphatic heterocycles. The Bertz CT molecular complexity index is 1260. The average molecular weight is 485 g/mol. The second kappa shape index (κ2) is 11.5. The molecule has 2 aliphatic rings. The summed E-state index contributed by atoms with van der Waals surface area (Å²) in [7, 11) is 0. The Kier molecular flexibility index (Phi) is 7.77. The van der Waals surface area contributed by atoms with Crippen molar-refractivity contribution in [2.24, 2.45) is 0 Å². The molecule has 3 N–H and O–H groups in total. The van der Waals surface area contributed by atoms with Gasteiger partial charge in [-0.2, -0.15) is 0 Å². The molecule has 2 aromatic carbocycles. The molecule has 7 nitrogen and oxygen atoms in total. The highest BCUT2D eigenvalue weighted by Crippen LogP contribution is 2.25. The van der Waals surface area contributed by atoms with Crippen LogP contribution < -0.4 is 10.9 Å². The molecule has 1 atom stereocenters. The van der Waals surface area contributed by atoms with E-state index in [4.69, 9.17) is 4.74 Å². The first-order valence-electron chi connectivity index (χ1n) is 12.6. The second-order valence-corrected chi connectivity index (χ2v) is 9.57. The summed E-state index contributed by atoms with van der Waals surface area (Å²) in [6, 6.07) is 17.3. The molecule has 7 heteroatoms. The van der Waals surface area contributed by atoms with Crippen molar-refractivity contribution in [3.63, 3.8) is 0 Å². The van der Waals surface area contributed by atoms with Crippen LogP contribution in [-0.4, -0.2) is 58.9 Å². The average Bonchev–Trinajstić information content (AvgIpc) is 3.74. The van der Waals surface area contributed by atoms with Crippen LogP contribution in [0.1, 0.15) is 46.7 Å². The van der Waals surface area contributed by atoms with Crippen molar-refractivity contribution in [1.29, 1.82) is 0 Å². The van der Waals surface area contributed by atoms with Crippen molar-refractivity contribution in [2.45, 2.75) is 37.8 Å². The largest absolute Gasteiger partial charge is 0.502 e. The smallest absolute Gasteiger partial charge is 0.293 e. The van der Waals surface area contributed by atoms with Crippen LogP contribution in [0.15, 0.2) is 59.7 Å².